The third kappa shape index (κ3) is 2.94. The van der Waals surface area contributed by atoms with E-state index in [2.05, 4.69) is 18.7 Å². The van der Waals surface area contributed by atoms with Gasteiger partial charge < -0.3 is 5.11 Å². The molecule has 2 nitrogen and oxygen atoms in total. The zero-order valence-electron chi connectivity index (χ0n) is 10.2. The fourth-order valence-electron chi connectivity index (χ4n) is 3.52. The Morgan fingerprint density at radius 1 is 1.07 bits per heavy atom. The molecule has 15 heavy (non-hydrogen) atoms. The summed E-state index contributed by atoms with van der Waals surface area (Å²) in [5, 5.41) is 9.70. The lowest BCUT2D eigenvalue weighted by atomic mass is 9.79. The molecule has 0 aromatic carbocycles. The average molecular weight is 211 g/mol. The molecule has 2 rings (SSSR count). The third-order valence-corrected chi connectivity index (χ3v) is 4.10. The normalized spacial score (nSPS) is 44.2. The Morgan fingerprint density at radius 3 is 2.33 bits per heavy atom. The maximum atomic E-state index is 9.70. The van der Waals surface area contributed by atoms with Crippen LogP contribution in [0.3, 0.4) is 0 Å². The van der Waals surface area contributed by atoms with Crippen molar-refractivity contribution in [3.8, 4) is 0 Å². The molecule has 2 aliphatic rings. The molecule has 1 N–H and O–H groups in total. The summed E-state index contributed by atoms with van der Waals surface area (Å²) in [7, 11) is 0. The highest BCUT2D eigenvalue weighted by atomic mass is 16.3. The van der Waals surface area contributed by atoms with Gasteiger partial charge in [-0.3, -0.25) is 4.90 Å². The minimum absolute atomic E-state index is 0.0636. The second-order valence-corrected chi connectivity index (χ2v) is 5.86. The van der Waals surface area contributed by atoms with Crippen LogP contribution in [0.2, 0.25) is 0 Å². The quantitative estimate of drug-likeness (QED) is 0.719. The molecular weight excluding hydrogens is 186 g/mol. The number of likely N-dealkylation sites (tertiary alicyclic amines) is 1. The highest BCUT2D eigenvalue weighted by Crippen LogP contribution is 2.32. The summed E-state index contributed by atoms with van der Waals surface area (Å²) in [6.45, 7) is 6.89. The van der Waals surface area contributed by atoms with Gasteiger partial charge in [0.05, 0.1) is 6.10 Å². The maximum Gasteiger partial charge on any atom is 0.0667 e. The van der Waals surface area contributed by atoms with Gasteiger partial charge in [0, 0.05) is 12.6 Å². The van der Waals surface area contributed by atoms with Crippen molar-refractivity contribution in [2.45, 2.75) is 58.1 Å². The average Bonchev–Trinajstić information content (AvgIpc) is 2.16. The Balaban J connectivity index is 1.91. The van der Waals surface area contributed by atoms with E-state index in [4.69, 9.17) is 0 Å². The topological polar surface area (TPSA) is 23.5 Å². The van der Waals surface area contributed by atoms with Crippen LogP contribution in [0.4, 0.5) is 0 Å². The van der Waals surface area contributed by atoms with E-state index in [1.54, 1.807) is 0 Å². The molecule has 0 aromatic rings. The molecular formula is C13H25NO. The summed E-state index contributed by atoms with van der Waals surface area (Å²) in [6, 6.07) is 0.749. The summed E-state index contributed by atoms with van der Waals surface area (Å²) in [5.74, 6) is 1.75. The molecule has 0 spiro atoms. The number of rotatable bonds is 1. The van der Waals surface area contributed by atoms with Crippen LogP contribution in [0.5, 0.6) is 0 Å². The molecule has 1 heterocycles. The van der Waals surface area contributed by atoms with Gasteiger partial charge in [0.1, 0.15) is 0 Å². The van der Waals surface area contributed by atoms with E-state index in [9.17, 15) is 5.11 Å². The predicted octanol–water partition coefficient (Wildman–Crippen LogP) is 2.27. The zero-order chi connectivity index (χ0) is 10.8. The van der Waals surface area contributed by atoms with Crippen LogP contribution in [0.25, 0.3) is 0 Å². The number of aliphatic hydroxyl groups excluding tert-OH is 1. The van der Waals surface area contributed by atoms with Gasteiger partial charge in [-0.25, -0.2) is 0 Å². The summed E-state index contributed by atoms with van der Waals surface area (Å²) < 4.78 is 0. The Bertz CT molecular complexity index is 197. The first-order valence-electron chi connectivity index (χ1n) is 6.57. The van der Waals surface area contributed by atoms with Gasteiger partial charge in [-0.1, -0.05) is 13.8 Å². The molecule has 0 bridgehead atoms. The predicted molar refractivity (Wildman–Crippen MR) is 62.8 cm³/mol. The smallest absolute Gasteiger partial charge is 0.0667 e. The van der Waals surface area contributed by atoms with Crippen LogP contribution in [0, 0.1) is 11.8 Å². The number of aliphatic hydroxyl groups is 1. The fraction of sp³-hybridized carbons (Fsp3) is 1.00. The second-order valence-electron chi connectivity index (χ2n) is 5.86. The van der Waals surface area contributed by atoms with E-state index >= 15 is 0 Å². The van der Waals surface area contributed by atoms with Crippen LogP contribution >= 0.6 is 0 Å². The molecule has 0 aromatic heterocycles. The molecule has 88 valence electrons. The molecule has 3 atom stereocenters. The van der Waals surface area contributed by atoms with Gasteiger partial charge >= 0.3 is 0 Å². The fourth-order valence-corrected chi connectivity index (χ4v) is 3.52. The van der Waals surface area contributed by atoms with Crippen LogP contribution < -0.4 is 0 Å². The van der Waals surface area contributed by atoms with Gasteiger partial charge in [0.2, 0.25) is 0 Å². The summed E-state index contributed by atoms with van der Waals surface area (Å²) >= 11 is 0. The Morgan fingerprint density at radius 2 is 1.73 bits per heavy atom. The molecule has 0 amide bonds. The molecule has 3 unspecified atom stereocenters. The molecule has 1 saturated heterocycles. The molecule has 1 saturated carbocycles. The van der Waals surface area contributed by atoms with Gasteiger partial charge in [0.15, 0.2) is 0 Å². The Hall–Kier alpha value is -0.0800. The highest BCUT2D eigenvalue weighted by molar-refractivity contribution is 4.85. The number of piperidine rings is 1. The second kappa shape index (κ2) is 4.84. The number of nitrogens with zero attached hydrogens (tertiary/aromatic N) is 1. The van der Waals surface area contributed by atoms with E-state index in [0.717, 1.165) is 30.8 Å². The first-order valence-corrected chi connectivity index (χ1v) is 6.57. The van der Waals surface area contributed by atoms with E-state index in [1.165, 1.54) is 32.2 Å². The van der Waals surface area contributed by atoms with Gasteiger partial charge in [-0.05, 0) is 50.5 Å². The van der Waals surface area contributed by atoms with Crippen LogP contribution in [0.1, 0.15) is 46.0 Å². The standard InChI is InChI=1S/C13H25NO/c1-10-6-11(2)8-12(7-10)14-5-3-4-13(15)9-14/h10-13,15H,3-9H2,1-2H3. The monoisotopic (exact) mass is 211 g/mol. The molecule has 1 aliphatic heterocycles. The van der Waals surface area contributed by atoms with Crippen molar-refractivity contribution < 1.29 is 5.11 Å². The minimum Gasteiger partial charge on any atom is -0.392 e. The van der Waals surface area contributed by atoms with Crippen molar-refractivity contribution in [1.82, 2.24) is 4.90 Å². The van der Waals surface area contributed by atoms with Crippen molar-refractivity contribution in [1.29, 1.82) is 0 Å². The van der Waals surface area contributed by atoms with E-state index in [0.29, 0.717) is 0 Å². The molecule has 1 aliphatic carbocycles. The molecule has 0 radical (unpaired) electrons. The number of hydrogen-bond acceptors (Lipinski definition) is 2. The SMILES string of the molecule is CC1CC(C)CC(N2CCCC(O)C2)C1. The maximum absolute atomic E-state index is 9.70. The molecule has 2 fully saturated rings. The lowest BCUT2D eigenvalue weighted by molar-refractivity contribution is 0.0222. The van der Waals surface area contributed by atoms with Crippen LogP contribution in [-0.2, 0) is 0 Å². The minimum atomic E-state index is -0.0636. The number of hydrogen-bond donors (Lipinski definition) is 1. The zero-order valence-corrected chi connectivity index (χ0v) is 10.2. The van der Waals surface area contributed by atoms with E-state index in [-0.39, 0.29) is 6.10 Å². The largest absolute Gasteiger partial charge is 0.392 e. The summed E-state index contributed by atoms with van der Waals surface area (Å²) in [6.07, 6.45) is 6.21. The highest BCUT2D eigenvalue weighted by Gasteiger charge is 2.30. The van der Waals surface area contributed by atoms with Crippen LogP contribution in [-0.4, -0.2) is 35.2 Å². The van der Waals surface area contributed by atoms with E-state index < -0.39 is 0 Å². The first kappa shape index (κ1) is 11.4. The van der Waals surface area contributed by atoms with Crippen molar-refractivity contribution in [3.05, 3.63) is 0 Å². The Labute approximate surface area is 93.7 Å². The van der Waals surface area contributed by atoms with Crippen molar-refractivity contribution in [3.63, 3.8) is 0 Å². The van der Waals surface area contributed by atoms with Crippen molar-refractivity contribution in [2.75, 3.05) is 13.1 Å². The lowest BCUT2D eigenvalue weighted by Crippen LogP contribution is -2.47. The van der Waals surface area contributed by atoms with Gasteiger partial charge in [0.25, 0.3) is 0 Å². The lowest BCUT2D eigenvalue weighted by Gasteiger charge is -2.42. The van der Waals surface area contributed by atoms with Gasteiger partial charge in [-0.15, -0.1) is 0 Å². The van der Waals surface area contributed by atoms with Crippen molar-refractivity contribution in [2.24, 2.45) is 11.8 Å². The third-order valence-electron chi connectivity index (χ3n) is 4.10. The Kier molecular flexibility index (Phi) is 3.68. The molecule has 2 heteroatoms. The van der Waals surface area contributed by atoms with Crippen LogP contribution in [0.15, 0.2) is 0 Å². The summed E-state index contributed by atoms with van der Waals surface area (Å²) in [4.78, 5) is 2.54. The first-order chi connectivity index (χ1) is 7.15. The van der Waals surface area contributed by atoms with E-state index in [1.807, 2.05) is 0 Å². The van der Waals surface area contributed by atoms with Gasteiger partial charge in [-0.2, -0.15) is 0 Å². The van der Waals surface area contributed by atoms with Crippen molar-refractivity contribution >= 4 is 0 Å². The number of β-amino-alcohol motifs (C(OH)–C–C–N with tert-alkyl or cyclic N) is 1. The summed E-state index contributed by atoms with van der Waals surface area (Å²) in [5.41, 5.74) is 0.